The van der Waals surface area contributed by atoms with Crippen molar-refractivity contribution in [3.63, 3.8) is 0 Å². The average molecular weight is 328 g/mol. The molecule has 122 valence electrons. The van der Waals surface area contributed by atoms with Crippen molar-refractivity contribution in [2.75, 3.05) is 26.7 Å². The zero-order valence-corrected chi connectivity index (χ0v) is 14.6. The zero-order chi connectivity index (χ0) is 16.1. The van der Waals surface area contributed by atoms with Crippen LogP contribution >= 0.6 is 11.3 Å². The van der Waals surface area contributed by atoms with Gasteiger partial charge in [-0.1, -0.05) is 30.3 Å². The van der Waals surface area contributed by atoms with E-state index in [1.54, 1.807) is 11.3 Å². The highest BCUT2D eigenvalue weighted by atomic mass is 32.1. The molecule has 1 unspecified atom stereocenters. The monoisotopic (exact) mass is 328 g/mol. The first kappa shape index (κ1) is 16.0. The van der Waals surface area contributed by atoms with Gasteiger partial charge < -0.3 is 10.2 Å². The maximum atomic E-state index is 4.51. The van der Waals surface area contributed by atoms with Crippen LogP contribution in [0.2, 0.25) is 0 Å². The summed E-state index contributed by atoms with van der Waals surface area (Å²) in [6.45, 7) is 5.03. The van der Waals surface area contributed by atoms with Gasteiger partial charge in [0.05, 0.1) is 10.7 Å². The van der Waals surface area contributed by atoms with Gasteiger partial charge in [-0.3, -0.25) is 4.99 Å². The van der Waals surface area contributed by atoms with Crippen LogP contribution in [0.3, 0.4) is 0 Å². The Hall–Kier alpha value is -1.88. The summed E-state index contributed by atoms with van der Waals surface area (Å²) < 4.78 is 0. The minimum atomic E-state index is 0.607. The Morgan fingerprint density at radius 1 is 1.39 bits per heavy atom. The van der Waals surface area contributed by atoms with E-state index in [0.29, 0.717) is 5.92 Å². The van der Waals surface area contributed by atoms with Crippen LogP contribution in [-0.2, 0) is 6.42 Å². The minimum Gasteiger partial charge on any atom is -0.356 e. The highest BCUT2D eigenvalue weighted by molar-refractivity contribution is 7.09. The third-order valence-corrected chi connectivity index (χ3v) is 5.12. The van der Waals surface area contributed by atoms with Crippen molar-refractivity contribution < 1.29 is 0 Å². The van der Waals surface area contributed by atoms with E-state index in [0.717, 1.165) is 37.0 Å². The van der Waals surface area contributed by atoms with Crippen molar-refractivity contribution in [1.29, 1.82) is 0 Å². The smallest absolute Gasteiger partial charge is 0.193 e. The highest BCUT2D eigenvalue weighted by Gasteiger charge is 2.25. The van der Waals surface area contributed by atoms with Gasteiger partial charge in [0.1, 0.15) is 0 Å². The van der Waals surface area contributed by atoms with Gasteiger partial charge in [0.25, 0.3) is 0 Å². The zero-order valence-electron chi connectivity index (χ0n) is 13.8. The molecular formula is C18H24N4S. The standard InChI is InChI=1S/C18H24N4S/c1-14-21-17(13-23-14)8-10-20-18(19-2)22-11-9-16(12-22)15-6-4-3-5-7-15/h3-7,13,16H,8-12H2,1-2H3,(H,19,20). The second-order valence-corrected chi connectivity index (χ2v) is 6.99. The molecule has 0 radical (unpaired) electrons. The molecular weight excluding hydrogens is 304 g/mol. The van der Waals surface area contributed by atoms with Gasteiger partial charge in [-0.05, 0) is 18.9 Å². The maximum Gasteiger partial charge on any atom is 0.193 e. The number of thiazole rings is 1. The number of nitrogens with one attached hydrogen (secondary N) is 1. The Labute approximate surface area is 142 Å². The number of hydrogen-bond acceptors (Lipinski definition) is 3. The first-order valence-corrected chi connectivity index (χ1v) is 9.06. The Bertz CT molecular complexity index is 650. The van der Waals surface area contributed by atoms with Gasteiger partial charge in [-0.25, -0.2) is 4.98 Å². The van der Waals surface area contributed by atoms with Crippen molar-refractivity contribution in [3.8, 4) is 0 Å². The molecule has 1 aromatic heterocycles. The van der Waals surface area contributed by atoms with Crippen LogP contribution < -0.4 is 5.32 Å². The molecule has 2 heterocycles. The van der Waals surface area contributed by atoms with Gasteiger partial charge in [0, 0.05) is 44.4 Å². The number of aromatic nitrogens is 1. The Morgan fingerprint density at radius 3 is 2.91 bits per heavy atom. The average Bonchev–Trinajstić information content (AvgIpc) is 3.22. The predicted octanol–water partition coefficient (Wildman–Crippen LogP) is 3.06. The number of rotatable bonds is 4. The summed E-state index contributed by atoms with van der Waals surface area (Å²) in [6.07, 6.45) is 2.13. The van der Waals surface area contributed by atoms with Crippen LogP contribution in [0.5, 0.6) is 0 Å². The van der Waals surface area contributed by atoms with Crippen LogP contribution in [0.4, 0.5) is 0 Å². The SMILES string of the molecule is CN=C(NCCc1csc(C)n1)N1CCC(c2ccccc2)C1. The molecule has 1 saturated heterocycles. The molecule has 23 heavy (non-hydrogen) atoms. The lowest BCUT2D eigenvalue weighted by molar-refractivity contribution is 0.486. The summed E-state index contributed by atoms with van der Waals surface area (Å²) in [5.41, 5.74) is 2.60. The third kappa shape index (κ3) is 4.10. The van der Waals surface area contributed by atoms with Gasteiger partial charge in [0.2, 0.25) is 0 Å². The Morgan fingerprint density at radius 2 is 2.22 bits per heavy atom. The van der Waals surface area contributed by atoms with E-state index in [-0.39, 0.29) is 0 Å². The summed E-state index contributed by atoms with van der Waals surface area (Å²) in [5.74, 6) is 1.62. The van der Waals surface area contributed by atoms with E-state index in [1.807, 2.05) is 7.05 Å². The van der Waals surface area contributed by atoms with Crippen LogP contribution in [0, 0.1) is 6.92 Å². The van der Waals surface area contributed by atoms with Crippen molar-refractivity contribution in [2.45, 2.75) is 25.7 Å². The molecule has 4 nitrogen and oxygen atoms in total. The fraction of sp³-hybridized carbons (Fsp3) is 0.444. The number of guanidine groups is 1. The molecule has 1 aliphatic rings. The van der Waals surface area contributed by atoms with E-state index in [9.17, 15) is 0 Å². The molecule has 1 aliphatic heterocycles. The number of aryl methyl sites for hydroxylation is 1. The molecule has 0 spiro atoms. The molecule has 0 saturated carbocycles. The highest BCUT2D eigenvalue weighted by Crippen LogP contribution is 2.26. The van der Waals surface area contributed by atoms with Gasteiger partial charge in [-0.15, -0.1) is 11.3 Å². The van der Waals surface area contributed by atoms with E-state index in [1.165, 1.54) is 17.7 Å². The Kier molecular flexibility index (Phi) is 5.28. The van der Waals surface area contributed by atoms with E-state index in [2.05, 4.69) is 62.8 Å². The minimum absolute atomic E-state index is 0.607. The summed E-state index contributed by atoms with van der Waals surface area (Å²) in [4.78, 5) is 11.3. The molecule has 1 atom stereocenters. The first-order chi connectivity index (χ1) is 11.3. The van der Waals surface area contributed by atoms with Crippen molar-refractivity contribution >= 4 is 17.3 Å². The molecule has 0 bridgehead atoms. The molecule has 0 amide bonds. The molecule has 2 aromatic rings. The lowest BCUT2D eigenvalue weighted by atomic mass is 9.99. The van der Waals surface area contributed by atoms with Crippen molar-refractivity contribution in [3.05, 3.63) is 52.0 Å². The molecule has 5 heteroatoms. The van der Waals surface area contributed by atoms with Crippen LogP contribution in [0.1, 0.15) is 28.6 Å². The molecule has 1 aromatic carbocycles. The number of aliphatic imine (C=N–C) groups is 1. The van der Waals surface area contributed by atoms with E-state index in [4.69, 9.17) is 0 Å². The largest absolute Gasteiger partial charge is 0.356 e. The van der Waals surface area contributed by atoms with Gasteiger partial charge in [0.15, 0.2) is 5.96 Å². The second-order valence-electron chi connectivity index (χ2n) is 5.92. The fourth-order valence-corrected chi connectivity index (χ4v) is 3.75. The van der Waals surface area contributed by atoms with Gasteiger partial charge in [-0.2, -0.15) is 0 Å². The van der Waals surface area contributed by atoms with Crippen LogP contribution in [0.25, 0.3) is 0 Å². The topological polar surface area (TPSA) is 40.5 Å². The van der Waals surface area contributed by atoms with Crippen LogP contribution in [0.15, 0.2) is 40.7 Å². The van der Waals surface area contributed by atoms with Crippen molar-refractivity contribution in [1.82, 2.24) is 15.2 Å². The van der Waals surface area contributed by atoms with E-state index < -0.39 is 0 Å². The summed E-state index contributed by atoms with van der Waals surface area (Å²) in [6, 6.07) is 10.8. The first-order valence-electron chi connectivity index (χ1n) is 8.18. The van der Waals surface area contributed by atoms with Crippen LogP contribution in [-0.4, -0.2) is 42.5 Å². The lowest BCUT2D eigenvalue weighted by Gasteiger charge is -2.21. The molecule has 1 fully saturated rings. The fourth-order valence-electron chi connectivity index (χ4n) is 3.11. The lowest BCUT2D eigenvalue weighted by Crippen LogP contribution is -2.40. The third-order valence-electron chi connectivity index (χ3n) is 4.30. The second kappa shape index (κ2) is 7.59. The predicted molar refractivity (Wildman–Crippen MR) is 97.3 cm³/mol. The summed E-state index contributed by atoms with van der Waals surface area (Å²) in [5, 5.41) is 6.76. The van der Waals surface area contributed by atoms with E-state index >= 15 is 0 Å². The normalized spacial score (nSPS) is 18.4. The summed E-state index contributed by atoms with van der Waals surface area (Å²) in [7, 11) is 1.87. The molecule has 1 N–H and O–H groups in total. The maximum absolute atomic E-state index is 4.51. The number of benzene rings is 1. The van der Waals surface area contributed by atoms with Gasteiger partial charge >= 0.3 is 0 Å². The Balaban J connectivity index is 1.51. The number of likely N-dealkylation sites (tertiary alicyclic amines) is 1. The molecule has 3 rings (SSSR count). The van der Waals surface area contributed by atoms with Crippen molar-refractivity contribution in [2.24, 2.45) is 4.99 Å². The molecule has 0 aliphatic carbocycles. The quantitative estimate of drug-likeness (QED) is 0.693. The number of hydrogen-bond donors (Lipinski definition) is 1. The summed E-state index contributed by atoms with van der Waals surface area (Å²) >= 11 is 1.71. The number of nitrogens with zero attached hydrogens (tertiary/aromatic N) is 3.